The molecule has 0 aliphatic carbocycles. The predicted molar refractivity (Wildman–Crippen MR) is 90.5 cm³/mol. The zero-order valence-corrected chi connectivity index (χ0v) is 13.8. The second-order valence-corrected chi connectivity index (χ2v) is 6.36. The van der Waals surface area contributed by atoms with Crippen LogP contribution in [0.2, 0.25) is 0 Å². The fourth-order valence-corrected chi connectivity index (χ4v) is 3.56. The predicted octanol–water partition coefficient (Wildman–Crippen LogP) is 2.51. The first kappa shape index (κ1) is 15.7. The van der Waals surface area contributed by atoms with E-state index >= 15 is 0 Å². The molecule has 3 rings (SSSR count). The molecule has 0 bridgehead atoms. The Morgan fingerprint density at radius 3 is 2.70 bits per heavy atom. The van der Waals surface area contributed by atoms with Crippen molar-refractivity contribution in [3.8, 4) is 0 Å². The minimum atomic E-state index is -0.185. The van der Waals surface area contributed by atoms with Crippen molar-refractivity contribution in [3.63, 3.8) is 0 Å². The summed E-state index contributed by atoms with van der Waals surface area (Å²) < 4.78 is 0. The summed E-state index contributed by atoms with van der Waals surface area (Å²) >= 11 is 1.44. The first-order valence-corrected chi connectivity index (χ1v) is 8.62. The van der Waals surface area contributed by atoms with Crippen molar-refractivity contribution < 1.29 is 9.59 Å². The van der Waals surface area contributed by atoms with Crippen molar-refractivity contribution in [2.45, 2.75) is 19.3 Å². The number of nitrogens with zero attached hydrogens (tertiary/aromatic N) is 3. The van der Waals surface area contributed by atoms with Gasteiger partial charge in [0.1, 0.15) is 6.54 Å². The molecular weight excluding hydrogens is 310 g/mol. The van der Waals surface area contributed by atoms with Gasteiger partial charge in [-0.2, -0.15) is 0 Å². The minimum absolute atomic E-state index is 0.0332. The molecule has 1 aliphatic heterocycles. The van der Waals surface area contributed by atoms with Crippen LogP contribution in [0.15, 0.2) is 41.9 Å². The molecule has 1 unspecified atom stereocenters. The number of hydrogen-bond donors (Lipinski definition) is 0. The van der Waals surface area contributed by atoms with Gasteiger partial charge in [0.25, 0.3) is 0 Å². The summed E-state index contributed by atoms with van der Waals surface area (Å²) in [6, 6.07) is 9.77. The van der Waals surface area contributed by atoms with Crippen LogP contribution in [0.4, 0.5) is 5.13 Å². The number of piperazine rings is 1. The molecule has 1 atom stereocenters. The number of anilines is 1. The molecule has 0 saturated carbocycles. The summed E-state index contributed by atoms with van der Waals surface area (Å²) in [6.07, 6.45) is 2.41. The van der Waals surface area contributed by atoms with Crippen molar-refractivity contribution in [2.24, 2.45) is 0 Å². The van der Waals surface area contributed by atoms with Crippen LogP contribution in [0.5, 0.6) is 0 Å². The van der Waals surface area contributed by atoms with Gasteiger partial charge < -0.3 is 4.90 Å². The molecule has 1 aliphatic rings. The lowest BCUT2D eigenvalue weighted by atomic mass is 9.95. The Morgan fingerprint density at radius 1 is 1.30 bits per heavy atom. The molecule has 23 heavy (non-hydrogen) atoms. The third kappa shape index (κ3) is 3.27. The van der Waals surface area contributed by atoms with Gasteiger partial charge in [-0.05, 0) is 12.0 Å². The Bertz CT molecular complexity index is 672. The molecular formula is C17H19N3O2S. The maximum Gasteiger partial charge on any atom is 0.248 e. The molecule has 1 fully saturated rings. The summed E-state index contributed by atoms with van der Waals surface area (Å²) in [5.74, 6) is -0.219. The van der Waals surface area contributed by atoms with E-state index in [1.54, 1.807) is 16.0 Å². The SMILES string of the molecule is CCC(C(=O)N1CCN(c2nccs2)C(=O)C1)c1ccccc1. The summed E-state index contributed by atoms with van der Waals surface area (Å²) in [6.45, 7) is 3.18. The number of carbonyl (C=O) groups is 2. The van der Waals surface area contributed by atoms with E-state index in [1.165, 1.54) is 11.3 Å². The van der Waals surface area contributed by atoms with Gasteiger partial charge in [0, 0.05) is 24.7 Å². The Balaban J connectivity index is 1.71. The third-order valence-electron chi connectivity index (χ3n) is 4.09. The molecule has 2 amide bonds. The summed E-state index contributed by atoms with van der Waals surface area (Å²) in [4.78, 5) is 32.7. The van der Waals surface area contributed by atoms with Gasteiger partial charge in [-0.15, -0.1) is 11.3 Å². The van der Waals surface area contributed by atoms with E-state index in [9.17, 15) is 9.59 Å². The number of carbonyl (C=O) groups excluding carboxylic acids is 2. The first-order chi connectivity index (χ1) is 11.2. The smallest absolute Gasteiger partial charge is 0.248 e. The minimum Gasteiger partial charge on any atom is -0.331 e. The van der Waals surface area contributed by atoms with Crippen molar-refractivity contribution in [2.75, 3.05) is 24.5 Å². The summed E-state index contributed by atoms with van der Waals surface area (Å²) in [5, 5.41) is 2.56. The number of hydrogen-bond acceptors (Lipinski definition) is 4. The lowest BCUT2D eigenvalue weighted by Gasteiger charge is -2.34. The Morgan fingerprint density at radius 2 is 2.09 bits per heavy atom. The highest BCUT2D eigenvalue weighted by molar-refractivity contribution is 7.13. The average Bonchev–Trinajstić information content (AvgIpc) is 3.10. The molecule has 0 N–H and O–H groups in total. The highest BCUT2D eigenvalue weighted by Gasteiger charge is 2.32. The standard InChI is InChI=1S/C17H19N3O2S/c1-2-14(13-6-4-3-5-7-13)16(22)19-9-10-20(15(21)12-19)17-18-8-11-23-17/h3-8,11,14H,2,9-10,12H2,1H3. The fourth-order valence-electron chi connectivity index (χ4n) is 2.87. The molecule has 0 spiro atoms. The quantitative estimate of drug-likeness (QED) is 0.866. The van der Waals surface area contributed by atoms with Crippen LogP contribution in [0, 0.1) is 0 Å². The fraction of sp³-hybridized carbons (Fsp3) is 0.353. The molecule has 1 aromatic heterocycles. The molecule has 0 radical (unpaired) electrons. The highest BCUT2D eigenvalue weighted by Crippen LogP contribution is 2.24. The van der Waals surface area contributed by atoms with E-state index in [4.69, 9.17) is 0 Å². The van der Waals surface area contributed by atoms with Crippen LogP contribution in [-0.4, -0.2) is 41.3 Å². The van der Waals surface area contributed by atoms with E-state index in [2.05, 4.69) is 4.98 Å². The maximum absolute atomic E-state index is 12.8. The molecule has 6 heteroatoms. The Labute approximate surface area is 139 Å². The van der Waals surface area contributed by atoms with Crippen molar-refractivity contribution in [1.82, 2.24) is 9.88 Å². The van der Waals surface area contributed by atoms with E-state index in [0.717, 1.165) is 12.0 Å². The number of amides is 2. The van der Waals surface area contributed by atoms with Crippen LogP contribution >= 0.6 is 11.3 Å². The van der Waals surface area contributed by atoms with Crippen LogP contribution in [0.1, 0.15) is 24.8 Å². The zero-order valence-electron chi connectivity index (χ0n) is 13.0. The largest absolute Gasteiger partial charge is 0.331 e. The second-order valence-electron chi connectivity index (χ2n) is 5.49. The third-order valence-corrected chi connectivity index (χ3v) is 4.89. The van der Waals surface area contributed by atoms with E-state index < -0.39 is 0 Å². The second kappa shape index (κ2) is 6.91. The first-order valence-electron chi connectivity index (χ1n) is 7.74. The maximum atomic E-state index is 12.8. The zero-order chi connectivity index (χ0) is 16.2. The van der Waals surface area contributed by atoms with Gasteiger partial charge in [-0.25, -0.2) is 4.98 Å². The number of aromatic nitrogens is 1. The number of thiazole rings is 1. The van der Waals surface area contributed by atoms with Crippen LogP contribution in [-0.2, 0) is 9.59 Å². The molecule has 1 saturated heterocycles. The molecule has 1 aromatic carbocycles. The molecule has 5 nitrogen and oxygen atoms in total. The van der Waals surface area contributed by atoms with Crippen molar-refractivity contribution in [1.29, 1.82) is 0 Å². The van der Waals surface area contributed by atoms with E-state index in [-0.39, 0.29) is 24.3 Å². The van der Waals surface area contributed by atoms with Crippen molar-refractivity contribution in [3.05, 3.63) is 47.5 Å². The highest BCUT2D eigenvalue weighted by atomic mass is 32.1. The molecule has 2 aromatic rings. The van der Waals surface area contributed by atoms with Crippen LogP contribution in [0.25, 0.3) is 0 Å². The normalized spacial score (nSPS) is 16.5. The summed E-state index contributed by atoms with van der Waals surface area (Å²) in [5.41, 5.74) is 1.01. The van der Waals surface area contributed by atoms with Gasteiger partial charge in [0.05, 0.1) is 5.92 Å². The van der Waals surface area contributed by atoms with E-state index in [0.29, 0.717) is 18.2 Å². The van der Waals surface area contributed by atoms with Gasteiger partial charge in [0.2, 0.25) is 11.8 Å². The van der Waals surface area contributed by atoms with E-state index in [1.807, 2.05) is 42.6 Å². The van der Waals surface area contributed by atoms with Gasteiger partial charge in [-0.1, -0.05) is 37.3 Å². The Hall–Kier alpha value is -2.21. The monoisotopic (exact) mass is 329 g/mol. The molecule has 120 valence electrons. The van der Waals surface area contributed by atoms with Crippen LogP contribution in [0.3, 0.4) is 0 Å². The van der Waals surface area contributed by atoms with Gasteiger partial charge in [-0.3, -0.25) is 14.5 Å². The molecule has 2 heterocycles. The van der Waals surface area contributed by atoms with Gasteiger partial charge >= 0.3 is 0 Å². The topological polar surface area (TPSA) is 53.5 Å². The lowest BCUT2D eigenvalue weighted by molar-refractivity contribution is -0.138. The number of benzene rings is 1. The van der Waals surface area contributed by atoms with Crippen molar-refractivity contribution >= 4 is 28.3 Å². The lowest BCUT2D eigenvalue weighted by Crippen LogP contribution is -2.53. The van der Waals surface area contributed by atoms with Gasteiger partial charge in [0.15, 0.2) is 5.13 Å². The Kier molecular flexibility index (Phi) is 4.71. The summed E-state index contributed by atoms with van der Waals surface area (Å²) in [7, 11) is 0. The number of rotatable bonds is 4. The van der Waals surface area contributed by atoms with Crippen LogP contribution < -0.4 is 4.90 Å². The average molecular weight is 329 g/mol.